The van der Waals surface area contributed by atoms with E-state index in [1.807, 2.05) is 30.3 Å². The molecule has 0 radical (unpaired) electrons. The standard InChI is InChI=1S/C26H27N3O5S/c30-25(26(31)28-21-10-12-23(13-11-21)34-22-6-2-1-3-7-22)27-17-16-20-8-14-24(15-9-20)35(32,33)29-18-4-5-19-29/h1-3,6-15H,4-5,16-19H2,(H,27,30)(H,28,31). The zero-order chi connectivity index (χ0) is 24.7. The molecule has 1 aliphatic rings. The second-order valence-electron chi connectivity index (χ2n) is 8.15. The lowest BCUT2D eigenvalue weighted by Gasteiger charge is -2.15. The van der Waals surface area contributed by atoms with Crippen LogP contribution in [0.5, 0.6) is 11.5 Å². The number of nitrogens with zero attached hydrogens (tertiary/aromatic N) is 1. The van der Waals surface area contributed by atoms with Gasteiger partial charge in [0.05, 0.1) is 4.90 Å². The second kappa shape index (κ2) is 11.2. The molecule has 0 atom stereocenters. The summed E-state index contributed by atoms with van der Waals surface area (Å²) in [5.41, 5.74) is 1.33. The van der Waals surface area contributed by atoms with Crippen LogP contribution in [0.2, 0.25) is 0 Å². The Hall–Kier alpha value is -3.69. The highest BCUT2D eigenvalue weighted by Gasteiger charge is 2.26. The molecule has 3 aromatic rings. The molecule has 0 aromatic heterocycles. The number of carbonyl (C=O) groups is 2. The van der Waals surface area contributed by atoms with Gasteiger partial charge in [-0.25, -0.2) is 8.42 Å². The number of sulfonamides is 1. The van der Waals surface area contributed by atoms with Crippen LogP contribution in [0.3, 0.4) is 0 Å². The van der Waals surface area contributed by atoms with Gasteiger partial charge in [0.1, 0.15) is 11.5 Å². The molecule has 1 fully saturated rings. The predicted molar refractivity (Wildman–Crippen MR) is 133 cm³/mol. The van der Waals surface area contributed by atoms with E-state index in [-0.39, 0.29) is 11.4 Å². The molecule has 2 amide bonds. The second-order valence-corrected chi connectivity index (χ2v) is 10.1. The molecule has 9 heteroatoms. The number of hydrogen-bond donors (Lipinski definition) is 2. The number of amides is 2. The van der Waals surface area contributed by atoms with Gasteiger partial charge in [0.15, 0.2) is 0 Å². The number of anilines is 1. The number of para-hydroxylation sites is 1. The molecule has 0 bridgehead atoms. The topological polar surface area (TPSA) is 105 Å². The van der Waals surface area contributed by atoms with Crippen LogP contribution in [0.1, 0.15) is 18.4 Å². The van der Waals surface area contributed by atoms with E-state index >= 15 is 0 Å². The smallest absolute Gasteiger partial charge is 0.313 e. The van der Waals surface area contributed by atoms with Crippen molar-refractivity contribution in [1.82, 2.24) is 9.62 Å². The number of carbonyl (C=O) groups excluding carboxylic acids is 2. The van der Waals surface area contributed by atoms with Crippen molar-refractivity contribution >= 4 is 27.5 Å². The average Bonchev–Trinajstić information content (AvgIpc) is 3.42. The van der Waals surface area contributed by atoms with E-state index in [1.54, 1.807) is 48.5 Å². The van der Waals surface area contributed by atoms with E-state index in [9.17, 15) is 18.0 Å². The average molecular weight is 494 g/mol. The molecule has 4 rings (SSSR count). The molecule has 3 aromatic carbocycles. The molecule has 1 saturated heterocycles. The Balaban J connectivity index is 1.22. The number of nitrogens with one attached hydrogen (secondary N) is 2. The highest BCUT2D eigenvalue weighted by molar-refractivity contribution is 7.89. The molecule has 35 heavy (non-hydrogen) atoms. The van der Waals surface area contributed by atoms with Crippen molar-refractivity contribution in [2.45, 2.75) is 24.2 Å². The zero-order valence-corrected chi connectivity index (χ0v) is 20.0. The summed E-state index contributed by atoms with van der Waals surface area (Å²) in [5, 5.41) is 5.14. The van der Waals surface area contributed by atoms with Crippen LogP contribution in [-0.2, 0) is 26.0 Å². The summed E-state index contributed by atoms with van der Waals surface area (Å²) in [4.78, 5) is 24.6. The Bertz CT molecular complexity index is 1250. The number of rotatable bonds is 8. The summed E-state index contributed by atoms with van der Waals surface area (Å²) in [6, 6.07) is 22.7. The molecular formula is C26H27N3O5S. The van der Waals surface area contributed by atoms with Crippen LogP contribution in [0.15, 0.2) is 83.8 Å². The van der Waals surface area contributed by atoms with Gasteiger partial charge in [0, 0.05) is 25.3 Å². The zero-order valence-electron chi connectivity index (χ0n) is 19.1. The number of ether oxygens (including phenoxy) is 1. The minimum atomic E-state index is -3.45. The molecule has 0 aliphatic carbocycles. The van der Waals surface area contributed by atoms with Crippen molar-refractivity contribution in [2.24, 2.45) is 0 Å². The maximum Gasteiger partial charge on any atom is 0.313 e. The van der Waals surface area contributed by atoms with Crippen LogP contribution < -0.4 is 15.4 Å². The predicted octanol–water partition coefficient (Wildman–Crippen LogP) is 3.56. The van der Waals surface area contributed by atoms with Gasteiger partial charge in [0.25, 0.3) is 0 Å². The first kappa shape index (κ1) is 24.4. The van der Waals surface area contributed by atoms with Crippen LogP contribution in [0.25, 0.3) is 0 Å². The Morgan fingerprint density at radius 3 is 2.09 bits per heavy atom. The van der Waals surface area contributed by atoms with Crippen molar-refractivity contribution in [1.29, 1.82) is 0 Å². The molecule has 182 valence electrons. The molecule has 0 saturated carbocycles. The fourth-order valence-corrected chi connectivity index (χ4v) is 5.24. The molecule has 8 nitrogen and oxygen atoms in total. The summed E-state index contributed by atoms with van der Waals surface area (Å²) in [6.45, 7) is 1.36. The summed E-state index contributed by atoms with van der Waals surface area (Å²) in [5.74, 6) is -0.207. The minimum absolute atomic E-state index is 0.244. The first-order valence-electron chi connectivity index (χ1n) is 11.4. The van der Waals surface area contributed by atoms with E-state index in [0.29, 0.717) is 36.7 Å². The fraction of sp³-hybridized carbons (Fsp3) is 0.231. The van der Waals surface area contributed by atoms with Crippen molar-refractivity contribution in [3.63, 3.8) is 0 Å². The van der Waals surface area contributed by atoms with Crippen LogP contribution in [-0.4, -0.2) is 44.2 Å². The van der Waals surface area contributed by atoms with E-state index < -0.39 is 21.8 Å². The molecule has 0 unspecified atom stereocenters. The summed E-state index contributed by atoms with van der Waals surface area (Å²) >= 11 is 0. The van der Waals surface area contributed by atoms with Crippen LogP contribution in [0, 0.1) is 0 Å². The van der Waals surface area contributed by atoms with Gasteiger partial charge in [-0.3, -0.25) is 9.59 Å². The largest absolute Gasteiger partial charge is 0.457 e. The van der Waals surface area contributed by atoms with E-state index in [1.165, 1.54) is 4.31 Å². The van der Waals surface area contributed by atoms with Crippen LogP contribution >= 0.6 is 0 Å². The summed E-state index contributed by atoms with van der Waals surface area (Å²) in [6.07, 6.45) is 2.24. The van der Waals surface area contributed by atoms with Crippen molar-refractivity contribution in [3.05, 3.63) is 84.4 Å². The third-order valence-corrected chi connectivity index (χ3v) is 7.54. The quantitative estimate of drug-likeness (QED) is 0.467. The first-order valence-corrected chi connectivity index (χ1v) is 12.9. The Morgan fingerprint density at radius 1 is 0.800 bits per heavy atom. The summed E-state index contributed by atoms with van der Waals surface area (Å²) in [7, 11) is -3.45. The van der Waals surface area contributed by atoms with Gasteiger partial charge in [-0.05, 0) is 73.4 Å². The highest BCUT2D eigenvalue weighted by atomic mass is 32.2. The van der Waals surface area contributed by atoms with E-state index in [4.69, 9.17) is 4.74 Å². The normalized spacial score (nSPS) is 13.8. The monoisotopic (exact) mass is 493 g/mol. The van der Waals surface area contributed by atoms with Gasteiger partial charge in [0.2, 0.25) is 10.0 Å². The highest BCUT2D eigenvalue weighted by Crippen LogP contribution is 2.23. The first-order chi connectivity index (χ1) is 16.9. The lowest BCUT2D eigenvalue weighted by atomic mass is 10.1. The molecular weight excluding hydrogens is 466 g/mol. The van der Waals surface area contributed by atoms with Crippen molar-refractivity contribution in [3.8, 4) is 11.5 Å². The fourth-order valence-electron chi connectivity index (χ4n) is 3.73. The lowest BCUT2D eigenvalue weighted by Crippen LogP contribution is -2.36. The lowest BCUT2D eigenvalue weighted by molar-refractivity contribution is -0.136. The van der Waals surface area contributed by atoms with Crippen LogP contribution in [0.4, 0.5) is 5.69 Å². The Morgan fingerprint density at radius 2 is 1.43 bits per heavy atom. The Kier molecular flexibility index (Phi) is 7.79. The maximum atomic E-state index is 12.6. The molecule has 0 spiro atoms. The van der Waals surface area contributed by atoms with E-state index in [0.717, 1.165) is 18.4 Å². The van der Waals surface area contributed by atoms with Gasteiger partial charge < -0.3 is 15.4 Å². The van der Waals surface area contributed by atoms with Crippen molar-refractivity contribution in [2.75, 3.05) is 25.0 Å². The molecule has 1 aliphatic heterocycles. The van der Waals surface area contributed by atoms with Crippen molar-refractivity contribution < 1.29 is 22.7 Å². The number of hydrogen-bond acceptors (Lipinski definition) is 5. The molecule has 1 heterocycles. The SMILES string of the molecule is O=C(NCCc1ccc(S(=O)(=O)N2CCCC2)cc1)C(=O)Nc1ccc(Oc2ccccc2)cc1. The summed E-state index contributed by atoms with van der Waals surface area (Å²) < 4.78 is 32.4. The third kappa shape index (κ3) is 6.46. The van der Waals surface area contributed by atoms with Gasteiger partial charge in [-0.2, -0.15) is 4.31 Å². The van der Waals surface area contributed by atoms with Gasteiger partial charge in [-0.1, -0.05) is 30.3 Å². The Labute approximate surface area is 205 Å². The van der Waals surface area contributed by atoms with Gasteiger partial charge >= 0.3 is 11.8 Å². The van der Waals surface area contributed by atoms with Gasteiger partial charge in [-0.15, -0.1) is 0 Å². The van der Waals surface area contributed by atoms with E-state index in [2.05, 4.69) is 10.6 Å². The molecule has 2 N–H and O–H groups in total. The third-order valence-electron chi connectivity index (χ3n) is 5.62. The maximum absolute atomic E-state index is 12.6. The number of benzene rings is 3. The minimum Gasteiger partial charge on any atom is -0.457 e.